The van der Waals surface area contributed by atoms with Crippen LogP contribution in [0.15, 0.2) is 35.2 Å². The highest BCUT2D eigenvalue weighted by Crippen LogP contribution is 2.39. The molecule has 4 rings (SSSR count). The number of halogens is 1. The first-order chi connectivity index (χ1) is 13.0. The summed E-state index contributed by atoms with van der Waals surface area (Å²) in [5.41, 5.74) is 8.10. The van der Waals surface area contributed by atoms with Crippen molar-refractivity contribution in [3.63, 3.8) is 0 Å². The molecular weight excluding hydrogens is 381 g/mol. The Labute approximate surface area is 167 Å². The minimum absolute atomic E-state index is 0.0640. The van der Waals surface area contributed by atoms with Crippen LogP contribution in [-0.2, 0) is 4.79 Å². The number of nitrogens with zero attached hydrogens (tertiary/aromatic N) is 2. The number of thiazole rings is 1. The first-order valence-corrected chi connectivity index (χ1v) is 10.5. The number of rotatable bonds is 5. The van der Waals surface area contributed by atoms with Crippen molar-refractivity contribution in [1.29, 1.82) is 0 Å². The van der Waals surface area contributed by atoms with Crippen LogP contribution in [-0.4, -0.2) is 34.0 Å². The largest absolute Gasteiger partial charge is 0.375 e. The summed E-state index contributed by atoms with van der Waals surface area (Å²) in [5.74, 6) is -0.119. The van der Waals surface area contributed by atoms with Crippen molar-refractivity contribution in [2.75, 3.05) is 18.8 Å². The first kappa shape index (κ1) is 18.7. The molecule has 0 radical (unpaired) electrons. The van der Waals surface area contributed by atoms with Crippen molar-refractivity contribution in [3.05, 3.63) is 52.3 Å². The molecule has 4 nitrogen and oxygen atoms in total. The van der Waals surface area contributed by atoms with E-state index >= 15 is 0 Å². The van der Waals surface area contributed by atoms with E-state index in [1.807, 2.05) is 11.5 Å². The fraction of sp³-hybridized carbons (Fsp3) is 0.400. The van der Waals surface area contributed by atoms with E-state index in [0.29, 0.717) is 23.8 Å². The van der Waals surface area contributed by atoms with Gasteiger partial charge >= 0.3 is 0 Å². The fourth-order valence-corrected chi connectivity index (χ4v) is 4.42. The molecule has 2 unspecified atom stereocenters. The van der Waals surface area contributed by atoms with Gasteiger partial charge in [-0.1, -0.05) is 18.2 Å². The van der Waals surface area contributed by atoms with Gasteiger partial charge in [0, 0.05) is 35.2 Å². The molecule has 1 aliphatic carbocycles. The summed E-state index contributed by atoms with van der Waals surface area (Å²) >= 11 is 6.10. The summed E-state index contributed by atoms with van der Waals surface area (Å²) < 4.78 is 14.5. The van der Waals surface area contributed by atoms with Gasteiger partial charge in [0.25, 0.3) is 0 Å². The van der Waals surface area contributed by atoms with E-state index in [-0.39, 0.29) is 22.8 Å². The molecule has 0 amide bonds. The van der Waals surface area contributed by atoms with Gasteiger partial charge in [0.1, 0.15) is 5.82 Å². The van der Waals surface area contributed by atoms with Crippen molar-refractivity contribution < 1.29 is 9.18 Å². The summed E-state index contributed by atoms with van der Waals surface area (Å²) in [6.45, 7) is 1.28. The van der Waals surface area contributed by atoms with Crippen LogP contribution >= 0.6 is 24.0 Å². The van der Waals surface area contributed by atoms with Crippen LogP contribution in [0.1, 0.15) is 36.6 Å². The van der Waals surface area contributed by atoms with E-state index in [1.165, 1.54) is 17.4 Å². The van der Waals surface area contributed by atoms with Gasteiger partial charge in [-0.05, 0) is 37.0 Å². The number of piperidine rings is 1. The number of ketones is 1. The zero-order chi connectivity index (χ0) is 19.0. The highest BCUT2D eigenvalue weighted by molar-refractivity contribution is 7.81. The van der Waals surface area contributed by atoms with E-state index in [0.717, 1.165) is 30.5 Å². The first-order valence-electron chi connectivity index (χ1n) is 9.14. The van der Waals surface area contributed by atoms with Gasteiger partial charge in [-0.15, -0.1) is 11.3 Å². The standard InChI is InChI=1S/C20H22FN3OS2/c21-16-4-2-1-3-15(16)18(19(25)12-5-6-12)24-8-7-17(26)13(10-24)9-14-11-27-20(22)23-14/h1-4,9,11-12,17-18,26H,5-8,10H2,(H2,22,23)/b13-9-. The second-order valence-corrected chi connectivity index (χ2v) is 8.72. The van der Waals surface area contributed by atoms with Crippen LogP contribution in [0.4, 0.5) is 9.52 Å². The highest BCUT2D eigenvalue weighted by atomic mass is 32.1. The Hall–Kier alpha value is -1.70. The number of aromatic nitrogens is 1. The van der Waals surface area contributed by atoms with Crippen LogP contribution < -0.4 is 5.73 Å². The number of benzene rings is 1. The van der Waals surface area contributed by atoms with Gasteiger partial charge in [0.05, 0.1) is 11.7 Å². The molecule has 142 valence electrons. The molecule has 0 spiro atoms. The van der Waals surface area contributed by atoms with Crippen molar-refractivity contribution in [2.24, 2.45) is 5.92 Å². The number of anilines is 1. The molecule has 2 heterocycles. The van der Waals surface area contributed by atoms with E-state index in [4.69, 9.17) is 18.4 Å². The normalized spacial score (nSPS) is 23.5. The third-order valence-corrected chi connectivity index (χ3v) is 6.47. The lowest BCUT2D eigenvalue weighted by Gasteiger charge is -2.37. The van der Waals surface area contributed by atoms with Gasteiger partial charge in [-0.3, -0.25) is 9.69 Å². The molecule has 1 aromatic heterocycles. The van der Waals surface area contributed by atoms with Crippen LogP contribution in [0.25, 0.3) is 6.08 Å². The molecule has 2 fully saturated rings. The number of carbonyl (C=O) groups excluding carboxylic acids is 1. The minimum Gasteiger partial charge on any atom is -0.375 e. The molecule has 1 saturated heterocycles. The monoisotopic (exact) mass is 403 g/mol. The number of carbonyl (C=O) groups is 1. The van der Waals surface area contributed by atoms with Gasteiger partial charge in [-0.25, -0.2) is 9.37 Å². The average Bonchev–Trinajstić information content (AvgIpc) is 3.42. The van der Waals surface area contributed by atoms with Crippen LogP contribution in [0.2, 0.25) is 0 Å². The van der Waals surface area contributed by atoms with Crippen molar-refractivity contribution >= 4 is 41.0 Å². The predicted molar refractivity (Wildman–Crippen MR) is 110 cm³/mol. The summed E-state index contributed by atoms with van der Waals surface area (Å²) in [4.78, 5) is 19.4. The van der Waals surface area contributed by atoms with Crippen molar-refractivity contribution in [2.45, 2.75) is 30.6 Å². The van der Waals surface area contributed by atoms with Crippen LogP contribution in [0.3, 0.4) is 0 Å². The third kappa shape index (κ3) is 4.10. The Morgan fingerprint density at radius 2 is 2.15 bits per heavy atom. The van der Waals surface area contributed by atoms with E-state index < -0.39 is 6.04 Å². The lowest BCUT2D eigenvalue weighted by atomic mass is 9.93. The van der Waals surface area contributed by atoms with Crippen molar-refractivity contribution in [1.82, 2.24) is 9.88 Å². The van der Waals surface area contributed by atoms with E-state index in [9.17, 15) is 9.18 Å². The third-order valence-electron chi connectivity index (χ3n) is 5.19. The summed E-state index contributed by atoms with van der Waals surface area (Å²) in [6.07, 6.45) is 4.62. The smallest absolute Gasteiger partial charge is 0.180 e. The number of hydrogen-bond acceptors (Lipinski definition) is 6. The molecule has 2 aromatic rings. The van der Waals surface area contributed by atoms with E-state index in [2.05, 4.69) is 9.88 Å². The van der Waals surface area contributed by atoms with Crippen LogP contribution in [0.5, 0.6) is 0 Å². The maximum Gasteiger partial charge on any atom is 0.180 e. The molecule has 1 aromatic carbocycles. The highest BCUT2D eigenvalue weighted by Gasteiger charge is 2.40. The zero-order valence-electron chi connectivity index (χ0n) is 14.8. The Bertz CT molecular complexity index is 878. The Kier molecular flexibility index (Phi) is 5.34. The number of hydrogen-bond donors (Lipinski definition) is 2. The maximum atomic E-state index is 14.5. The molecule has 2 aliphatic rings. The minimum atomic E-state index is -0.538. The lowest BCUT2D eigenvalue weighted by molar-refractivity contribution is -0.126. The van der Waals surface area contributed by atoms with Gasteiger partial charge in [0.2, 0.25) is 0 Å². The summed E-state index contributed by atoms with van der Waals surface area (Å²) in [7, 11) is 0. The molecule has 1 aliphatic heterocycles. The number of likely N-dealkylation sites (tertiary alicyclic amines) is 1. The molecule has 2 atom stereocenters. The van der Waals surface area contributed by atoms with Gasteiger partial charge in [-0.2, -0.15) is 12.6 Å². The number of nitrogen functional groups attached to an aromatic ring is 1. The zero-order valence-corrected chi connectivity index (χ0v) is 16.6. The fourth-order valence-electron chi connectivity index (χ4n) is 3.63. The predicted octanol–water partition coefficient (Wildman–Crippen LogP) is 3.97. The lowest BCUT2D eigenvalue weighted by Crippen LogP contribution is -2.42. The molecule has 1 saturated carbocycles. The van der Waals surface area contributed by atoms with Gasteiger partial charge < -0.3 is 5.73 Å². The molecular formula is C20H22FN3OS2. The Morgan fingerprint density at radius 3 is 2.81 bits per heavy atom. The number of Topliss-reactive ketones (excluding diaryl/α,β-unsaturated/α-hetero) is 1. The van der Waals surface area contributed by atoms with Crippen LogP contribution in [0, 0.1) is 11.7 Å². The van der Waals surface area contributed by atoms with Crippen molar-refractivity contribution in [3.8, 4) is 0 Å². The molecule has 27 heavy (non-hydrogen) atoms. The average molecular weight is 404 g/mol. The Balaban J connectivity index is 1.64. The topological polar surface area (TPSA) is 59.2 Å². The quantitative estimate of drug-likeness (QED) is 0.742. The van der Waals surface area contributed by atoms with Gasteiger partial charge in [0.15, 0.2) is 10.9 Å². The number of nitrogens with two attached hydrogens (primary N) is 1. The molecule has 0 bridgehead atoms. The number of thiol groups is 1. The second-order valence-electron chi connectivity index (χ2n) is 7.21. The SMILES string of the molecule is Nc1nc(/C=C2/CN(C(C(=O)C3CC3)c3ccccc3F)CCC2S)cs1. The molecule has 2 N–H and O–H groups in total. The molecule has 7 heteroatoms. The summed E-state index contributed by atoms with van der Waals surface area (Å²) in [5, 5.41) is 2.53. The summed E-state index contributed by atoms with van der Waals surface area (Å²) in [6, 6.07) is 6.09. The Morgan fingerprint density at radius 1 is 1.37 bits per heavy atom. The van der Waals surface area contributed by atoms with E-state index in [1.54, 1.807) is 18.2 Å². The maximum absolute atomic E-state index is 14.5. The second kappa shape index (κ2) is 7.73.